The van der Waals surface area contributed by atoms with Gasteiger partial charge in [0, 0.05) is 16.2 Å². The van der Waals surface area contributed by atoms with Crippen molar-refractivity contribution in [2.24, 2.45) is 0 Å². The van der Waals surface area contributed by atoms with Crippen molar-refractivity contribution in [3.8, 4) is 0 Å². The van der Waals surface area contributed by atoms with Crippen molar-refractivity contribution in [1.29, 1.82) is 0 Å². The second kappa shape index (κ2) is 5.36. The molecule has 0 aromatic carbocycles. The Labute approximate surface area is 91.3 Å². The topological polar surface area (TPSA) is 34.9 Å². The van der Waals surface area contributed by atoms with Crippen LogP contribution < -0.4 is 5.56 Å². The van der Waals surface area contributed by atoms with Gasteiger partial charge < -0.3 is 0 Å². The molecule has 1 aromatic heterocycles. The van der Waals surface area contributed by atoms with Gasteiger partial charge in [-0.25, -0.2) is 4.68 Å². The van der Waals surface area contributed by atoms with Crippen LogP contribution in [0.4, 0.5) is 0 Å². The smallest absolute Gasteiger partial charge is 0.267 e. The maximum atomic E-state index is 11.3. The van der Waals surface area contributed by atoms with Crippen LogP contribution in [0.5, 0.6) is 0 Å². The summed E-state index contributed by atoms with van der Waals surface area (Å²) >= 11 is 2.09. The Morgan fingerprint density at radius 3 is 2.92 bits per heavy atom. The zero-order valence-corrected chi connectivity index (χ0v) is 9.82. The van der Waals surface area contributed by atoms with Crippen LogP contribution in [-0.2, 0) is 6.54 Å². The number of aryl methyl sites for hydroxylation is 1. The lowest BCUT2D eigenvalue weighted by atomic mass is 10.2. The zero-order valence-electron chi connectivity index (χ0n) is 7.66. The number of hydrogen-bond donors (Lipinski definition) is 0. The van der Waals surface area contributed by atoms with Gasteiger partial charge in [0.2, 0.25) is 0 Å². The maximum absolute atomic E-state index is 11.3. The fraction of sp³-hybridized carbons (Fsp3) is 0.556. The van der Waals surface area contributed by atoms with Crippen molar-refractivity contribution < 1.29 is 0 Å². The standard InChI is InChI=1S/C9H13IN2O/c1-2-3-4-5-12-9(13)6-8(10)7-11-12/h6-7H,2-5H2,1H3. The predicted octanol–water partition coefficient (Wildman–Crippen LogP) is 2.04. The molecule has 0 spiro atoms. The molecule has 72 valence electrons. The average Bonchev–Trinajstić information content (AvgIpc) is 2.09. The number of rotatable bonds is 4. The number of aromatic nitrogens is 2. The quantitative estimate of drug-likeness (QED) is 0.629. The van der Waals surface area contributed by atoms with Crippen LogP contribution in [0.3, 0.4) is 0 Å². The molecule has 3 nitrogen and oxygen atoms in total. The molecule has 1 rings (SSSR count). The molecule has 0 radical (unpaired) electrons. The summed E-state index contributed by atoms with van der Waals surface area (Å²) in [6.45, 7) is 2.88. The van der Waals surface area contributed by atoms with E-state index in [0.29, 0.717) is 0 Å². The molecule has 0 aliphatic carbocycles. The third-order valence-corrected chi connectivity index (χ3v) is 2.40. The van der Waals surface area contributed by atoms with Crippen molar-refractivity contribution in [3.05, 3.63) is 26.2 Å². The van der Waals surface area contributed by atoms with Crippen LogP contribution in [0.15, 0.2) is 17.1 Å². The van der Waals surface area contributed by atoms with Crippen molar-refractivity contribution in [2.75, 3.05) is 0 Å². The van der Waals surface area contributed by atoms with Gasteiger partial charge in [0.05, 0.1) is 6.20 Å². The Morgan fingerprint density at radius 2 is 2.31 bits per heavy atom. The molecule has 0 N–H and O–H groups in total. The van der Waals surface area contributed by atoms with Crippen LogP contribution >= 0.6 is 22.6 Å². The highest BCUT2D eigenvalue weighted by Gasteiger charge is 1.96. The highest BCUT2D eigenvalue weighted by atomic mass is 127. The lowest BCUT2D eigenvalue weighted by Crippen LogP contribution is -2.22. The van der Waals surface area contributed by atoms with E-state index < -0.39 is 0 Å². The number of halogens is 1. The van der Waals surface area contributed by atoms with Gasteiger partial charge in [0.15, 0.2) is 0 Å². The van der Waals surface area contributed by atoms with E-state index in [4.69, 9.17) is 0 Å². The minimum absolute atomic E-state index is 0.00278. The molecule has 0 saturated carbocycles. The molecule has 1 heterocycles. The lowest BCUT2D eigenvalue weighted by Gasteiger charge is -2.02. The van der Waals surface area contributed by atoms with E-state index in [-0.39, 0.29) is 5.56 Å². The summed E-state index contributed by atoms with van der Waals surface area (Å²) in [6.07, 6.45) is 5.07. The van der Waals surface area contributed by atoms with E-state index >= 15 is 0 Å². The molecule has 0 bridgehead atoms. The van der Waals surface area contributed by atoms with Gasteiger partial charge in [-0.2, -0.15) is 5.10 Å². The van der Waals surface area contributed by atoms with Gasteiger partial charge in [0.1, 0.15) is 0 Å². The highest BCUT2D eigenvalue weighted by molar-refractivity contribution is 14.1. The van der Waals surface area contributed by atoms with Crippen molar-refractivity contribution in [1.82, 2.24) is 9.78 Å². The Morgan fingerprint density at radius 1 is 1.54 bits per heavy atom. The molecule has 0 aliphatic heterocycles. The number of unbranched alkanes of at least 4 members (excludes halogenated alkanes) is 2. The summed E-state index contributed by atoms with van der Waals surface area (Å²) in [5.41, 5.74) is 0.00278. The molecule has 4 heteroatoms. The normalized spacial score (nSPS) is 10.3. The SMILES string of the molecule is CCCCCn1ncc(I)cc1=O. The van der Waals surface area contributed by atoms with Crippen LogP contribution in [0.1, 0.15) is 26.2 Å². The van der Waals surface area contributed by atoms with Crippen LogP contribution in [0, 0.1) is 3.57 Å². The van der Waals surface area contributed by atoms with Crippen molar-refractivity contribution >= 4 is 22.6 Å². The van der Waals surface area contributed by atoms with E-state index in [2.05, 4.69) is 34.6 Å². The first-order valence-electron chi connectivity index (χ1n) is 4.46. The number of nitrogens with zero attached hydrogens (tertiary/aromatic N) is 2. The monoisotopic (exact) mass is 292 g/mol. The van der Waals surface area contributed by atoms with E-state index in [9.17, 15) is 4.79 Å². The fourth-order valence-electron chi connectivity index (χ4n) is 1.09. The molecular formula is C9H13IN2O. The van der Waals surface area contributed by atoms with Crippen LogP contribution in [0.25, 0.3) is 0 Å². The first kappa shape index (κ1) is 10.7. The second-order valence-corrected chi connectivity index (χ2v) is 4.19. The van der Waals surface area contributed by atoms with Gasteiger partial charge in [-0.15, -0.1) is 0 Å². The summed E-state index contributed by atoms with van der Waals surface area (Å²) in [5.74, 6) is 0. The summed E-state index contributed by atoms with van der Waals surface area (Å²) in [7, 11) is 0. The van der Waals surface area contributed by atoms with E-state index in [0.717, 1.165) is 23.0 Å². The maximum Gasteiger partial charge on any atom is 0.267 e. The van der Waals surface area contributed by atoms with E-state index in [1.165, 1.54) is 11.1 Å². The molecular weight excluding hydrogens is 279 g/mol. The third kappa shape index (κ3) is 3.46. The molecule has 0 fully saturated rings. The molecule has 13 heavy (non-hydrogen) atoms. The molecule has 0 unspecified atom stereocenters. The highest BCUT2D eigenvalue weighted by Crippen LogP contribution is 1.98. The zero-order chi connectivity index (χ0) is 9.68. The van der Waals surface area contributed by atoms with Gasteiger partial charge in [-0.1, -0.05) is 19.8 Å². The van der Waals surface area contributed by atoms with Gasteiger partial charge in [-0.05, 0) is 29.0 Å². The molecule has 1 aromatic rings. The first-order valence-corrected chi connectivity index (χ1v) is 5.54. The molecule has 0 aliphatic rings. The van der Waals surface area contributed by atoms with E-state index in [1.807, 2.05) is 0 Å². The largest absolute Gasteiger partial charge is 0.268 e. The van der Waals surface area contributed by atoms with Crippen LogP contribution in [0.2, 0.25) is 0 Å². The molecule has 0 saturated heterocycles. The van der Waals surface area contributed by atoms with Gasteiger partial charge in [-0.3, -0.25) is 4.79 Å². The average molecular weight is 292 g/mol. The summed E-state index contributed by atoms with van der Waals surface area (Å²) in [5, 5.41) is 4.05. The minimum atomic E-state index is 0.00278. The van der Waals surface area contributed by atoms with Crippen LogP contribution in [-0.4, -0.2) is 9.78 Å². The van der Waals surface area contributed by atoms with Gasteiger partial charge >= 0.3 is 0 Å². The summed E-state index contributed by atoms with van der Waals surface area (Å²) in [6, 6.07) is 1.61. The predicted molar refractivity (Wildman–Crippen MR) is 60.7 cm³/mol. The van der Waals surface area contributed by atoms with Crippen molar-refractivity contribution in [2.45, 2.75) is 32.7 Å². The Bertz CT molecular complexity index is 322. The van der Waals surface area contributed by atoms with Crippen molar-refractivity contribution in [3.63, 3.8) is 0 Å². The summed E-state index contributed by atoms with van der Waals surface area (Å²) < 4.78 is 2.42. The third-order valence-electron chi connectivity index (χ3n) is 1.81. The Hall–Kier alpha value is -0.390. The summed E-state index contributed by atoms with van der Waals surface area (Å²) in [4.78, 5) is 11.3. The minimum Gasteiger partial charge on any atom is -0.268 e. The first-order chi connectivity index (χ1) is 6.24. The Kier molecular flexibility index (Phi) is 4.41. The Balaban J connectivity index is 2.62. The number of hydrogen-bond acceptors (Lipinski definition) is 2. The second-order valence-electron chi connectivity index (χ2n) is 2.94. The fourth-order valence-corrected chi connectivity index (χ4v) is 1.48. The molecule has 0 atom stereocenters. The van der Waals surface area contributed by atoms with E-state index in [1.54, 1.807) is 12.3 Å². The van der Waals surface area contributed by atoms with Gasteiger partial charge in [0.25, 0.3) is 5.56 Å². The lowest BCUT2D eigenvalue weighted by molar-refractivity contribution is 0.527. The molecule has 0 amide bonds.